The largest absolute Gasteiger partial charge is 0.477 e. The molecule has 31 heavy (non-hydrogen) atoms. The topological polar surface area (TPSA) is 105 Å². The van der Waals surface area contributed by atoms with Crippen LogP contribution < -0.4 is 16.1 Å². The van der Waals surface area contributed by atoms with Crippen LogP contribution in [0.5, 0.6) is 0 Å². The number of aromatic carboxylic acids is 1. The number of aryl methyl sites for hydroxylation is 1. The number of rotatable bonds is 5. The number of carbonyl (C=O) groups is 1. The van der Waals surface area contributed by atoms with E-state index in [1.165, 1.54) is 11.0 Å². The van der Waals surface area contributed by atoms with Gasteiger partial charge >= 0.3 is 5.97 Å². The zero-order chi connectivity index (χ0) is 22.6. The van der Waals surface area contributed by atoms with Gasteiger partial charge in [0, 0.05) is 18.1 Å². The molecule has 0 aliphatic carbocycles. The minimum Gasteiger partial charge on any atom is -0.477 e. The molecule has 0 bridgehead atoms. The second-order valence-corrected chi connectivity index (χ2v) is 7.71. The maximum absolute atomic E-state index is 15.5. The molecule has 0 radical (unpaired) electrons. The molecule has 8 nitrogen and oxygen atoms in total. The van der Waals surface area contributed by atoms with Gasteiger partial charge in [-0.25, -0.2) is 22.9 Å². The Morgan fingerprint density at radius 2 is 2.06 bits per heavy atom. The highest BCUT2D eigenvalue weighted by Gasteiger charge is 2.41. The average Bonchev–Trinajstić information content (AvgIpc) is 2.67. The molecule has 3 N–H and O–H groups in total. The monoisotopic (exact) mass is 435 g/mol. The van der Waals surface area contributed by atoms with Gasteiger partial charge in [-0.15, -0.1) is 0 Å². The van der Waals surface area contributed by atoms with Crippen LogP contribution in [0.3, 0.4) is 0 Å². The number of fused-ring (bicyclic) bond motifs is 2. The van der Waals surface area contributed by atoms with Crippen LogP contribution >= 0.6 is 0 Å². The first-order chi connectivity index (χ1) is 14.6. The number of hydrogen-bond donors (Lipinski definition) is 2. The van der Waals surface area contributed by atoms with Gasteiger partial charge < -0.3 is 20.3 Å². The molecule has 0 spiro atoms. The molecule has 4 rings (SSSR count). The first-order valence-corrected chi connectivity index (χ1v) is 9.49. The second-order valence-electron chi connectivity index (χ2n) is 7.71. The lowest BCUT2D eigenvalue weighted by atomic mass is 10.0. The van der Waals surface area contributed by atoms with Gasteiger partial charge in [-0.05, 0) is 26.2 Å². The van der Waals surface area contributed by atoms with Gasteiger partial charge in [-0.2, -0.15) is 0 Å². The van der Waals surface area contributed by atoms with E-state index in [2.05, 4.69) is 4.98 Å². The van der Waals surface area contributed by atoms with Gasteiger partial charge in [0.15, 0.2) is 5.82 Å². The van der Waals surface area contributed by atoms with Crippen LogP contribution in [0.2, 0.25) is 0 Å². The van der Waals surface area contributed by atoms with E-state index in [1.807, 2.05) is 0 Å². The van der Waals surface area contributed by atoms with Crippen molar-refractivity contribution in [2.45, 2.75) is 18.8 Å². The van der Waals surface area contributed by atoms with E-state index in [0.29, 0.717) is 0 Å². The number of likely N-dealkylation sites (N-methyl/N-ethyl adjacent to an activating group) is 1. The molecule has 2 atom stereocenters. The Labute approximate surface area is 174 Å². The van der Waals surface area contributed by atoms with Crippen molar-refractivity contribution in [3.05, 3.63) is 45.8 Å². The lowest BCUT2D eigenvalue weighted by molar-refractivity contribution is 0.0694. The quantitative estimate of drug-likeness (QED) is 0.586. The summed E-state index contributed by atoms with van der Waals surface area (Å²) in [6.45, 7) is -0.900. The van der Waals surface area contributed by atoms with Gasteiger partial charge in [0.2, 0.25) is 5.43 Å². The fraction of sp³-hybridized carbons (Fsp3) is 0.350. The molecular formula is C20H20F3N5O3. The number of nitrogens with two attached hydrogens (primary N) is 1. The standard InChI is InChI=1S/C20H20F3N5O3/c1-26(2)19-13(24)8-28(19)16-12(22)6-9-5-10-17(29)11(20(30)31)7-27(4-3-21)18(10)25-15(9)14(16)23/h5-7,13,19H,3-4,8,24H2,1-2H3,(H,30,31). The fourth-order valence-electron chi connectivity index (χ4n) is 4.12. The number of hydrogen-bond acceptors (Lipinski definition) is 6. The van der Waals surface area contributed by atoms with Crippen molar-refractivity contribution in [2.24, 2.45) is 5.73 Å². The van der Waals surface area contributed by atoms with E-state index in [-0.39, 0.29) is 46.8 Å². The lowest BCUT2D eigenvalue weighted by Gasteiger charge is -2.51. The molecule has 0 amide bonds. The average molecular weight is 435 g/mol. The molecule has 1 fully saturated rings. The summed E-state index contributed by atoms with van der Waals surface area (Å²) in [5.74, 6) is -3.28. The molecule has 3 heterocycles. The summed E-state index contributed by atoms with van der Waals surface area (Å²) >= 11 is 0. The van der Waals surface area contributed by atoms with Crippen molar-refractivity contribution in [1.82, 2.24) is 14.5 Å². The Kier molecular flexibility index (Phi) is 5.10. The maximum atomic E-state index is 15.5. The van der Waals surface area contributed by atoms with E-state index >= 15 is 4.39 Å². The zero-order valence-corrected chi connectivity index (χ0v) is 16.8. The normalized spacial score (nSPS) is 18.7. The summed E-state index contributed by atoms with van der Waals surface area (Å²) < 4.78 is 44.6. The smallest absolute Gasteiger partial charge is 0.341 e. The third-order valence-electron chi connectivity index (χ3n) is 5.48. The first kappa shape index (κ1) is 21.1. The molecule has 1 aromatic carbocycles. The lowest BCUT2D eigenvalue weighted by Crippen LogP contribution is -2.70. The summed E-state index contributed by atoms with van der Waals surface area (Å²) in [6.07, 6.45) is 0.564. The summed E-state index contributed by atoms with van der Waals surface area (Å²) in [5.41, 5.74) is 3.95. The number of nitrogens with zero attached hydrogens (tertiary/aromatic N) is 4. The van der Waals surface area contributed by atoms with E-state index < -0.39 is 41.4 Å². The molecule has 1 aliphatic heterocycles. The number of aromatic nitrogens is 2. The molecule has 2 aromatic heterocycles. The highest BCUT2D eigenvalue weighted by Crippen LogP contribution is 2.36. The highest BCUT2D eigenvalue weighted by atomic mass is 19.1. The highest BCUT2D eigenvalue weighted by molar-refractivity contribution is 5.97. The molecule has 2 unspecified atom stereocenters. The molecule has 1 aliphatic rings. The summed E-state index contributed by atoms with van der Waals surface area (Å²) in [7, 11) is 3.49. The number of pyridine rings is 2. The summed E-state index contributed by atoms with van der Waals surface area (Å²) in [4.78, 5) is 31.4. The van der Waals surface area contributed by atoms with Crippen LogP contribution in [0.4, 0.5) is 18.9 Å². The SMILES string of the molecule is CN(C)C1C(N)CN1c1c(F)cc2cc3c(=O)c(C(=O)O)cn(CCF)c3nc2c1F. The second kappa shape index (κ2) is 7.50. The number of carboxylic acid groups (broad SMARTS) is 1. The van der Waals surface area contributed by atoms with Crippen LogP contribution in [-0.2, 0) is 6.54 Å². The molecule has 11 heteroatoms. The molecule has 0 saturated carbocycles. The number of carboxylic acids is 1. The minimum atomic E-state index is -1.49. The fourth-order valence-corrected chi connectivity index (χ4v) is 4.12. The molecule has 1 saturated heterocycles. The van der Waals surface area contributed by atoms with Gasteiger partial charge in [0.25, 0.3) is 0 Å². The number of alkyl halides is 1. The Morgan fingerprint density at radius 1 is 1.35 bits per heavy atom. The summed E-state index contributed by atoms with van der Waals surface area (Å²) in [5, 5.41) is 9.10. The zero-order valence-electron chi connectivity index (χ0n) is 16.8. The molecule has 3 aromatic rings. The Morgan fingerprint density at radius 3 is 2.65 bits per heavy atom. The van der Waals surface area contributed by atoms with Crippen LogP contribution in [0.1, 0.15) is 10.4 Å². The Bertz CT molecular complexity index is 1270. The van der Waals surface area contributed by atoms with Crippen molar-refractivity contribution in [3.63, 3.8) is 0 Å². The van der Waals surface area contributed by atoms with Crippen LogP contribution in [0, 0.1) is 11.6 Å². The van der Waals surface area contributed by atoms with E-state index in [4.69, 9.17) is 5.73 Å². The predicted octanol–water partition coefficient (Wildman–Crippen LogP) is 1.53. The summed E-state index contributed by atoms with van der Waals surface area (Å²) in [6, 6.07) is 1.93. The number of halogens is 3. The van der Waals surface area contributed by atoms with E-state index in [0.717, 1.165) is 16.8 Å². The van der Waals surface area contributed by atoms with Crippen LogP contribution in [-0.4, -0.2) is 65.0 Å². The third kappa shape index (κ3) is 3.20. The van der Waals surface area contributed by atoms with Crippen molar-refractivity contribution in [3.8, 4) is 0 Å². The Hall–Kier alpha value is -3.18. The molecule has 164 valence electrons. The van der Waals surface area contributed by atoms with Gasteiger partial charge in [0.05, 0.1) is 24.1 Å². The number of anilines is 1. The number of benzene rings is 1. The van der Waals surface area contributed by atoms with E-state index in [1.54, 1.807) is 19.0 Å². The van der Waals surface area contributed by atoms with Gasteiger partial charge in [-0.1, -0.05) is 0 Å². The van der Waals surface area contributed by atoms with Crippen LogP contribution in [0.15, 0.2) is 23.1 Å². The third-order valence-corrected chi connectivity index (χ3v) is 5.48. The Balaban J connectivity index is 2.00. The predicted molar refractivity (Wildman–Crippen MR) is 109 cm³/mol. The first-order valence-electron chi connectivity index (χ1n) is 9.49. The van der Waals surface area contributed by atoms with Crippen molar-refractivity contribution in [2.75, 3.05) is 32.2 Å². The van der Waals surface area contributed by atoms with Gasteiger partial charge in [0.1, 0.15) is 34.9 Å². The van der Waals surface area contributed by atoms with Crippen molar-refractivity contribution < 1.29 is 23.1 Å². The van der Waals surface area contributed by atoms with Crippen molar-refractivity contribution in [1.29, 1.82) is 0 Å². The van der Waals surface area contributed by atoms with Crippen molar-refractivity contribution >= 4 is 33.6 Å². The van der Waals surface area contributed by atoms with Gasteiger partial charge in [-0.3, -0.25) is 9.69 Å². The van der Waals surface area contributed by atoms with Crippen LogP contribution in [0.25, 0.3) is 21.9 Å². The maximum Gasteiger partial charge on any atom is 0.341 e. The molecular weight excluding hydrogens is 415 g/mol. The van der Waals surface area contributed by atoms with E-state index in [9.17, 15) is 23.5 Å². The minimum absolute atomic E-state index is 0.0103.